The van der Waals surface area contributed by atoms with Gasteiger partial charge in [-0.2, -0.15) is 0 Å². The molecule has 0 aliphatic carbocycles. The SMILES string of the molecule is C=C(CCCCCCCCCCCC)C(N)=O.C=CC(=O)O. The van der Waals surface area contributed by atoms with E-state index < -0.39 is 5.97 Å². The number of carboxylic acids is 1. The summed E-state index contributed by atoms with van der Waals surface area (Å²) in [5.41, 5.74) is 5.69. The van der Waals surface area contributed by atoms with Crippen molar-refractivity contribution in [1.29, 1.82) is 0 Å². The average molecular weight is 311 g/mol. The summed E-state index contributed by atoms with van der Waals surface area (Å²) in [6, 6.07) is 0. The van der Waals surface area contributed by atoms with E-state index >= 15 is 0 Å². The zero-order chi connectivity index (χ0) is 17.2. The molecule has 0 unspecified atom stereocenters. The number of carbonyl (C=O) groups excluding carboxylic acids is 1. The molecule has 1 amide bonds. The van der Waals surface area contributed by atoms with Gasteiger partial charge in [0.2, 0.25) is 5.91 Å². The van der Waals surface area contributed by atoms with Crippen molar-refractivity contribution in [2.75, 3.05) is 0 Å². The molecular formula is C18H33NO3. The number of rotatable bonds is 13. The zero-order valence-electron chi connectivity index (χ0n) is 14.1. The van der Waals surface area contributed by atoms with Gasteiger partial charge in [0.1, 0.15) is 0 Å². The number of hydrogen-bond donors (Lipinski definition) is 2. The van der Waals surface area contributed by atoms with E-state index in [9.17, 15) is 9.59 Å². The Morgan fingerprint density at radius 1 is 0.955 bits per heavy atom. The Morgan fingerprint density at radius 3 is 1.64 bits per heavy atom. The highest BCUT2D eigenvalue weighted by atomic mass is 16.4. The molecule has 0 aliphatic heterocycles. The van der Waals surface area contributed by atoms with Crippen LogP contribution in [0.4, 0.5) is 0 Å². The molecule has 4 heteroatoms. The maximum absolute atomic E-state index is 10.7. The minimum Gasteiger partial charge on any atom is -0.478 e. The third kappa shape index (κ3) is 20.7. The Hall–Kier alpha value is -1.58. The van der Waals surface area contributed by atoms with E-state index in [0.29, 0.717) is 5.57 Å². The fraction of sp³-hybridized carbons (Fsp3) is 0.667. The Morgan fingerprint density at radius 2 is 1.32 bits per heavy atom. The molecule has 0 aromatic carbocycles. The zero-order valence-corrected chi connectivity index (χ0v) is 14.1. The van der Waals surface area contributed by atoms with Gasteiger partial charge in [-0.15, -0.1) is 0 Å². The van der Waals surface area contributed by atoms with Crippen LogP contribution in [-0.2, 0) is 9.59 Å². The Balaban J connectivity index is 0. The molecule has 4 nitrogen and oxygen atoms in total. The van der Waals surface area contributed by atoms with Crippen LogP contribution in [0.5, 0.6) is 0 Å². The fourth-order valence-electron chi connectivity index (χ4n) is 1.95. The van der Waals surface area contributed by atoms with Crippen LogP contribution in [0.3, 0.4) is 0 Å². The standard InChI is InChI=1S/C15H29NO.C3H4O2/c1-3-4-5-6-7-8-9-10-11-12-13-14(2)15(16)17;1-2-3(4)5/h2-13H2,1H3,(H2,16,17);2H,1H2,(H,4,5). The van der Waals surface area contributed by atoms with Gasteiger partial charge in [0.25, 0.3) is 0 Å². The second kappa shape index (κ2) is 17.5. The highest BCUT2D eigenvalue weighted by molar-refractivity contribution is 5.91. The number of amides is 1. The van der Waals surface area contributed by atoms with Crippen molar-refractivity contribution in [3.63, 3.8) is 0 Å². The van der Waals surface area contributed by atoms with Crippen molar-refractivity contribution < 1.29 is 14.7 Å². The minimum absolute atomic E-state index is 0.346. The van der Waals surface area contributed by atoms with E-state index in [-0.39, 0.29) is 5.91 Å². The lowest BCUT2D eigenvalue weighted by atomic mass is 10.0. The normalized spacial score (nSPS) is 9.50. The minimum atomic E-state index is -0.981. The monoisotopic (exact) mass is 311 g/mol. The summed E-state index contributed by atoms with van der Waals surface area (Å²) in [5, 5.41) is 7.60. The van der Waals surface area contributed by atoms with E-state index in [2.05, 4.69) is 20.1 Å². The number of carbonyl (C=O) groups is 2. The van der Waals surface area contributed by atoms with Crippen molar-refractivity contribution in [2.45, 2.75) is 77.6 Å². The van der Waals surface area contributed by atoms with Crippen molar-refractivity contribution in [2.24, 2.45) is 5.73 Å². The Kier molecular flexibility index (Phi) is 18.0. The van der Waals surface area contributed by atoms with E-state index in [4.69, 9.17) is 10.8 Å². The molecular weight excluding hydrogens is 278 g/mol. The number of hydrogen-bond acceptors (Lipinski definition) is 2. The van der Waals surface area contributed by atoms with Crippen molar-refractivity contribution >= 4 is 11.9 Å². The summed E-state index contributed by atoms with van der Waals surface area (Å²) in [6.45, 7) is 8.87. The summed E-state index contributed by atoms with van der Waals surface area (Å²) in [6.07, 6.45) is 14.7. The molecule has 0 saturated heterocycles. The summed E-state index contributed by atoms with van der Waals surface area (Å²) < 4.78 is 0. The first-order valence-electron chi connectivity index (χ1n) is 8.28. The first-order chi connectivity index (χ1) is 10.5. The molecule has 0 aromatic heterocycles. The van der Waals surface area contributed by atoms with Gasteiger partial charge in [-0.1, -0.05) is 77.9 Å². The van der Waals surface area contributed by atoms with Crippen molar-refractivity contribution in [3.8, 4) is 0 Å². The Labute approximate surface area is 135 Å². The van der Waals surface area contributed by atoms with Gasteiger partial charge in [-0.3, -0.25) is 4.79 Å². The average Bonchev–Trinajstić information content (AvgIpc) is 2.49. The molecule has 0 rings (SSSR count). The van der Waals surface area contributed by atoms with Gasteiger partial charge in [0.15, 0.2) is 0 Å². The van der Waals surface area contributed by atoms with Gasteiger partial charge in [0.05, 0.1) is 0 Å². The van der Waals surface area contributed by atoms with Gasteiger partial charge in [-0.05, 0) is 12.8 Å². The number of aliphatic carboxylic acids is 1. The molecule has 22 heavy (non-hydrogen) atoms. The molecule has 0 saturated carbocycles. The first-order valence-corrected chi connectivity index (χ1v) is 8.28. The lowest BCUT2D eigenvalue weighted by Crippen LogP contribution is -2.12. The predicted molar refractivity (Wildman–Crippen MR) is 92.6 cm³/mol. The van der Waals surface area contributed by atoms with Crippen LogP contribution < -0.4 is 5.73 Å². The molecule has 0 heterocycles. The van der Waals surface area contributed by atoms with Crippen molar-refractivity contribution in [3.05, 3.63) is 24.8 Å². The summed E-state index contributed by atoms with van der Waals surface area (Å²) >= 11 is 0. The summed E-state index contributed by atoms with van der Waals surface area (Å²) in [5.74, 6) is -1.33. The van der Waals surface area contributed by atoms with Gasteiger partial charge >= 0.3 is 5.97 Å². The fourth-order valence-corrected chi connectivity index (χ4v) is 1.95. The highest BCUT2D eigenvalue weighted by Gasteiger charge is 2.00. The summed E-state index contributed by atoms with van der Waals surface area (Å²) in [7, 11) is 0. The molecule has 3 N–H and O–H groups in total. The second-order valence-electron chi connectivity index (χ2n) is 5.44. The lowest BCUT2D eigenvalue weighted by Gasteiger charge is -2.03. The van der Waals surface area contributed by atoms with Crippen LogP contribution in [-0.4, -0.2) is 17.0 Å². The number of unbranched alkanes of at least 4 members (excludes halogenated alkanes) is 9. The largest absolute Gasteiger partial charge is 0.478 e. The number of carboxylic acid groups (broad SMARTS) is 1. The maximum atomic E-state index is 10.7. The maximum Gasteiger partial charge on any atom is 0.327 e. The smallest absolute Gasteiger partial charge is 0.327 e. The van der Waals surface area contributed by atoms with Crippen LogP contribution in [0.15, 0.2) is 24.8 Å². The third-order valence-electron chi connectivity index (χ3n) is 3.36. The van der Waals surface area contributed by atoms with Gasteiger partial charge < -0.3 is 10.8 Å². The lowest BCUT2D eigenvalue weighted by molar-refractivity contribution is -0.131. The predicted octanol–water partition coefficient (Wildman–Crippen LogP) is 4.60. The van der Waals surface area contributed by atoms with Crippen molar-refractivity contribution in [1.82, 2.24) is 0 Å². The molecule has 0 radical (unpaired) electrons. The van der Waals surface area contributed by atoms with Gasteiger partial charge in [-0.25, -0.2) is 4.79 Å². The van der Waals surface area contributed by atoms with E-state index in [1.54, 1.807) is 0 Å². The van der Waals surface area contributed by atoms with Crippen LogP contribution in [0.2, 0.25) is 0 Å². The molecule has 0 spiro atoms. The molecule has 0 aliphatic rings. The molecule has 0 aromatic rings. The first kappa shape index (κ1) is 22.7. The number of nitrogens with two attached hydrogens (primary N) is 1. The molecule has 128 valence electrons. The third-order valence-corrected chi connectivity index (χ3v) is 3.36. The van der Waals surface area contributed by atoms with E-state index in [0.717, 1.165) is 18.9 Å². The quantitative estimate of drug-likeness (QED) is 0.385. The topological polar surface area (TPSA) is 80.4 Å². The van der Waals surface area contributed by atoms with Crippen LogP contribution in [0.25, 0.3) is 0 Å². The molecule has 0 atom stereocenters. The highest BCUT2D eigenvalue weighted by Crippen LogP contribution is 2.12. The van der Waals surface area contributed by atoms with Crippen LogP contribution >= 0.6 is 0 Å². The summed E-state index contributed by atoms with van der Waals surface area (Å²) in [4.78, 5) is 20.0. The van der Waals surface area contributed by atoms with Crippen LogP contribution in [0.1, 0.15) is 77.6 Å². The Bertz CT molecular complexity index is 324. The van der Waals surface area contributed by atoms with Gasteiger partial charge in [0, 0.05) is 11.6 Å². The second-order valence-corrected chi connectivity index (χ2v) is 5.44. The number of primary amides is 1. The molecule has 0 fully saturated rings. The van der Waals surface area contributed by atoms with Crippen LogP contribution in [0, 0.1) is 0 Å². The van der Waals surface area contributed by atoms with E-state index in [1.807, 2.05) is 0 Å². The van der Waals surface area contributed by atoms with E-state index in [1.165, 1.54) is 57.8 Å². The molecule has 0 bridgehead atoms.